The van der Waals surface area contributed by atoms with Gasteiger partial charge in [0, 0.05) is 17.1 Å². The number of thioether (sulfide) groups is 1. The van der Waals surface area contributed by atoms with Crippen LogP contribution in [0.5, 0.6) is 5.75 Å². The molecule has 0 radical (unpaired) electrons. The van der Waals surface area contributed by atoms with E-state index in [1.807, 2.05) is 11.4 Å². The van der Waals surface area contributed by atoms with Gasteiger partial charge in [0.15, 0.2) is 11.6 Å². The number of halogens is 1. The maximum Gasteiger partial charge on any atom is 0.208 e. The molecular formula is C15H14FN3OS2. The highest BCUT2D eigenvalue weighted by Crippen LogP contribution is 2.18. The molecule has 0 saturated carbocycles. The van der Waals surface area contributed by atoms with Gasteiger partial charge in [0.1, 0.15) is 5.82 Å². The van der Waals surface area contributed by atoms with Crippen molar-refractivity contribution in [2.24, 2.45) is 0 Å². The zero-order valence-corrected chi connectivity index (χ0v) is 13.3. The molecule has 2 heterocycles. The van der Waals surface area contributed by atoms with E-state index in [0.717, 1.165) is 12.2 Å². The van der Waals surface area contributed by atoms with Crippen molar-refractivity contribution in [1.82, 2.24) is 15.2 Å². The fourth-order valence-corrected chi connectivity index (χ4v) is 3.19. The molecule has 0 fully saturated rings. The first kappa shape index (κ1) is 15.1. The van der Waals surface area contributed by atoms with E-state index < -0.39 is 0 Å². The number of ether oxygens (including phenoxy) is 1. The van der Waals surface area contributed by atoms with Crippen molar-refractivity contribution >= 4 is 23.1 Å². The van der Waals surface area contributed by atoms with Crippen LogP contribution in [-0.2, 0) is 6.42 Å². The van der Waals surface area contributed by atoms with Crippen molar-refractivity contribution < 1.29 is 9.13 Å². The summed E-state index contributed by atoms with van der Waals surface area (Å²) in [6.07, 6.45) is 0.761. The van der Waals surface area contributed by atoms with Crippen molar-refractivity contribution in [2.75, 3.05) is 12.4 Å². The second kappa shape index (κ2) is 7.42. The summed E-state index contributed by atoms with van der Waals surface area (Å²) in [7, 11) is 0. The number of H-pyrrole nitrogens is 1. The summed E-state index contributed by atoms with van der Waals surface area (Å²) in [5.74, 6) is 1.44. The molecule has 0 saturated heterocycles. The number of nitrogens with one attached hydrogen (secondary N) is 1. The van der Waals surface area contributed by atoms with Gasteiger partial charge in [0.05, 0.1) is 6.61 Å². The Morgan fingerprint density at radius 2 is 2.14 bits per heavy atom. The number of nitrogens with zero attached hydrogens (tertiary/aromatic N) is 2. The number of rotatable bonds is 7. The molecule has 1 aromatic carbocycles. The van der Waals surface area contributed by atoms with Crippen LogP contribution in [0.15, 0.2) is 46.9 Å². The fraction of sp³-hybridized carbons (Fsp3) is 0.200. The highest BCUT2D eigenvalue weighted by Gasteiger charge is 2.06. The molecule has 22 heavy (non-hydrogen) atoms. The van der Waals surface area contributed by atoms with Gasteiger partial charge >= 0.3 is 0 Å². The second-order valence-electron chi connectivity index (χ2n) is 4.45. The number of thiophene rings is 1. The number of para-hydroxylation sites is 1. The average molecular weight is 335 g/mol. The minimum Gasteiger partial charge on any atom is -0.490 e. The molecule has 0 aliphatic rings. The SMILES string of the molecule is Fc1ccccc1OCCSc1n[nH]c(Cc2cccs2)n1. The van der Waals surface area contributed by atoms with Gasteiger partial charge in [-0.05, 0) is 23.6 Å². The van der Waals surface area contributed by atoms with Crippen molar-refractivity contribution in [3.8, 4) is 5.75 Å². The Balaban J connectivity index is 1.44. The van der Waals surface area contributed by atoms with Crippen LogP contribution in [0.4, 0.5) is 4.39 Å². The van der Waals surface area contributed by atoms with Crippen LogP contribution >= 0.6 is 23.1 Å². The Labute approximate surface area is 135 Å². The van der Waals surface area contributed by atoms with E-state index in [0.29, 0.717) is 17.5 Å². The summed E-state index contributed by atoms with van der Waals surface area (Å²) < 4.78 is 18.8. The lowest BCUT2D eigenvalue weighted by molar-refractivity contribution is 0.325. The second-order valence-corrected chi connectivity index (χ2v) is 6.54. The molecular weight excluding hydrogens is 321 g/mol. The molecule has 0 aliphatic carbocycles. The first-order chi connectivity index (χ1) is 10.8. The third-order valence-electron chi connectivity index (χ3n) is 2.84. The van der Waals surface area contributed by atoms with Crippen LogP contribution in [-0.4, -0.2) is 27.5 Å². The maximum atomic E-state index is 13.4. The summed E-state index contributed by atoms with van der Waals surface area (Å²) in [6.45, 7) is 0.403. The van der Waals surface area contributed by atoms with Crippen LogP contribution in [0.25, 0.3) is 0 Å². The van der Waals surface area contributed by atoms with Crippen LogP contribution in [0.1, 0.15) is 10.7 Å². The highest BCUT2D eigenvalue weighted by molar-refractivity contribution is 7.99. The number of hydrogen-bond donors (Lipinski definition) is 1. The normalized spacial score (nSPS) is 10.8. The fourth-order valence-electron chi connectivity index (χ4n) is 1.85. The lowest BCUT2D eigenvalue weighted by Gasteiger charge is -2.05. The van der Waals surface area contributed by atoms with Gasteiger partial charge in [-0.3, -0.25) is 5.10 Å². The Hall–Kier alpha value is -1.86. The van der Waals surface area contributed by atoms with E-state index in [4.69, 9.17) is 4.74 Å². The Kier molecular flexibility index (Phi) is 5.07. The predicted octanol–water partition coefficient (Wildman–Crippen LogP) is 3.77. The third kappa shape index (κ3) is 4.08. The summed E-state index contributed by atoms with van der Waals surface area (Å²) in [6, 6.07) is 10.5. The Morgan fingerprint density at radius 3 is 2.95 bits per heavy atom. The molecule has 0 unspecified atom stereocenters. The predicted molar refractivity (Wildman–Crippen MR) is 86.1 cm³/mol. The first-order valence-electron chi connectivity index (χ1n) is 6.75. The first-order valence-corrected chi connectivity index (χ1v) is 8.61. The van der Waals surface area contributed by atoms with Crippen molar-refractivity contribution in [1.29, 1.82) is 0 Å². The highest BCUT2D eigenvalue weighted by atomic mass is 32.2. The van der Waals surface area contributed by atoms with E-state index in [-0.39, 0.29) is 11.6 Å². The molecule has 0 spiro atoms. The minimum atomic E-state index is -0.344. The third-order valence-corrected chi connectivity index (χ3v) is 4.53. The zero-order valence-electron chi connectivity index (χ0n) is 11.7. The Morgan fingerprint density at radius 1 is 1.23 bits per heavy atom. The monoisotopic (exact) mass is 335 g/mol. The summed E-state index contributed by atoms with van der Waals surface area (Å²) >= 11 is 3.18. The number of benzene rings is 1. The number of aromatic amines is 1. The van der Waals surface area contributed by atoms with Gasteiger partial charge in [0.25, 0.3) is 0 Å². The molecule has 2 aromatic heterocycles. The number of hydrogen-bond acceptors (Lipinski definition) is 5. The molecule has 0 bridgehead atoms. The van der Waals surface area contributed by atoms with E-state index in [9.17, 15) is 4.39 Å². The average Bonchev–Trinajstić information content (AvgIpc) is 3.18. The largest absolute Gasteiger partial charge is 0.490 e. The quantitative estimate of drug-likeness (QED) is 0.527. The lowest BCUT2D eigenvalue weighted by Crippen LogP contribution is -2.01. The maximum absolute atomic E-state index is 13.4. The Bertz CT molecular complexity index is 715. The van der Waals surface area contributed by atoms with Gasteiger partial charge in [-0.15, -0.1) is 16.4 Å². The summed E-state index contributed by atoms with van der Waals surface area (Å²) in [5, 5.41) is 9.82. The summed E-state index contributed by atoms with van der Waals surface area (Å²) in [5.41, 5.74) is 0. The van der Waals surface area contributed by atoms with Crippen molar-refractivity contribution in [3.05, 3.63) is 58.3 Å². The van der Waals surface area contributed by atoms with Crippen LogP contribution in [0.2, 0.25) is 0 Å². The van der Waals surface area contributed by atoms with E-state index >= 15 is 0 Å². The topological polar surface area (TPSA) is 50.8 Å². The lowest BCUT2D eigenvalue weighted by atomic mass is 10.3. The van der Waals surface area contributed by atoms with Crippen LogP contribution < -0.4 is 4.74 Å². The van der Waals surface area contributed by atoms with Gasteiger partial charge in [-0.25, -0.2) is 9.37 Å². The molecule has 0 atom stereocenters. The van der Waals surface area contributed by atoms with E-state index in [2.05, 4.69) is 21.2 Å². The van der Waals surface area contributed by atoms with E-state index in [1.165, 1.54) is 22.7 Å². The van der Waals surface area contributed by atoms with Crippen molar-refractivity contribution in [3.63, 3.8) is 0 Å². The molecule has 3 rings (SSSR count). The smallest absolute Gasteiger partial charge is 0.208 e. The zero-order chi connectivity index (χ0) is 15.2. The molecule has 3 aromatic rings. The molecule has 7 heteroatoms. The van der Waals surface area contributed by atoms with Gasteiger partial charge < -0.3 is 4.74 Å². The van der Waals surface area contributed by atoms with Crippen LogP contribution in [0, 0.1) is 5.82 Å². The molecule has 0 aliphatic heterocycles. The van der Waals surface area contributed by atoms with Gasteiger partial charge in [-0.1, -0.05) is 30.0 Å². The molecule has 4 nitrogen and oxygen atoms in total. The van der Waals surface area contributed by atoms with Crippen LogP contribution in [0.3, 0.4) is 0 Å². The molecule has 1 N–H and O–H groups in total. The molecule has 0 amide bonds. The van der Waals surface area contributed by atoms with Gasteiger partial charge in [-0.2, -0.15) is 0 Å². The van der Waals surface area contributed by atoms with Crippen molar-refractivity contribution in [2.45, 2.75) is 11.6 Å². The van der Waals surface area contributed by atoms with Gasteiger partial charge in [0.2, 0.25) is 5.16 Å². The standard InChI is InChI=1S/C15H14FN3OS2/c16-12-5-1-2-6-13(12)20-7-9-22-15-17-14(18-19-15)10-11-4-3-8-21-11/h1-6,8H,7,9-10H2,(H,17,18,19). The minimum absolute atomic E-state index is 0.275. The van der Waals surface area contributed by atoms with E-state index in [1.54, 1.807) is 29.5 Å². The number of aromatic nitrogens is 3. The molecule has 114 valence electrons. The summed E-state index contributed by atoms with van der Waals surface area (Å²) in [4.78, 5) is 5.67.